The van der Waals surface area contributed by atoms with Crippen LogP contribution < -0.4 is 5.32 Å². The van der Waals surface area contributed by atoms with Gasteiger partial charge in [0.15, 0.2) is 6.23 Å². The highest BCUT2D eigenvalue weighted by Crippen LogP contribution is 2.38. The summed E-state index contributed by atoms with van der Waals surface area (Å²) in [5.74, 6) is 0.537. The highest BCUT2D eigenvalue weighted by molar-refractivity contribution is 6.42. The lowest BCUT2D eigenvalue weighted by Crippen LogP contribution is -2.33. The molecule has 0 unspecified atom stereocenters. The normalized spacial score (nSPS) is 29.3. The number of hydrogen-bond acceptors (Lipinski definition) is 6. The summed E-state index contributed by atoms with van der Waals surface area (Å²) >= 11 is 12.4. The van der Waals surface area contributed by atoms with E-state index in [1.54, 1.807) is 16.7 Å². The second kappa shape index (κ2) is 8.34. The monoisotopic (exact) mass is 429 g/mol. The number of benzene rings is 1. The number of hydrogen-bond donors (Lipinski definition) is 4. The summed E-state index contributed by atoms with van der Waals surface area (Å²) in [5, 5.41) is 34.5. The fraction of sp³-hybridized carbons (Fsp3) is 0.632. The topological polar surface area (TPSA) is 99.8 Å². The molecule has 2 aliphatic rings. The van der Waals surface area contributed by atoms with Gasteiger partial charge in [-0.1, -0.05) is 48.9 Å². The Morgan fingerprint density at radius 2 is 1.75 bits per heavy atom. The molecule has 9 heteroatoms. The predicted molar refractivity (Wildman–Crippen MR) is 108 cm³/mol. The molecule has 1 saturated carbocycles. The van der Waals surface area contributed by atoms with Crippen LogP contribution in [-0.2, 0) is 4.74 Å². The average Bonchev–Trinajstić information content (AvgIpc) is 3.00. The fourth-order valence-electron chi connectivity index (χ4n) is 4.15. The van der Waals surface area contributed by atoms with Crippen LogP contribution in [-0.4, -0.2) is 55.8 Å². The Kier molecular flexibility index (Phi) is 6.01. The predicted octanol–water partition coefficient (Wildman–Crippen LogP) is 3.09. The molecule has 1 aliphatic carbocycles. The summed E-state index contributed by atoms with van der Waals surface area (Å²) in [4.78, 5) is 4.67. The third kappa shape index (κ3) is 3.72. The lowest BCUT2D eigenvalue weighted by atomic mass is 10.1. The van der Waals surface area contributed by atoms with E-state index in [1.165, 1.54) is 12.8 Å². The molecule has 0 spiro atoms. The quantitative estimate of drug-likeness (QED) is 0.557. The van der Waals surface area contributed by atoms with Gasteiger partial charge in [0.25, 0.3) is 0 Å². The number of aromatic nitrogens is 2. The van der Waals surface area contributed by atoms with Gasteiger partial charge in [0.2, 0.25) is 5.95 Å². The van der Waals surface area contributed by atoms with Crippen molar-refractivity contribution in [2.24, 2.45) is 0 Å². The van der Waals surface area contributed by atoms with E-state index in [0.29, 0.717) is 27.0 Å². The summed E-state index contributed by atoms with van der Waals surface area (Å²) in [6, 6.07) is 3.62. The van der Waals surface area contributed by atoms with Crippen LogP contribution >= 0.6 is 23.2 Å². The average molecular weight is 430 g/mol. The van der Waals surface area contributed by atoms with Crippen LogP contribution in [0.15, 0.2) is 12.1 Å². The summed E-state index contributed by atoms with van der Waals surface area (Å²) in [7, 11) is 0. The van der Waals surface area contributed by atoms with Crippen molar-refractivity contribution in [3.63, 3.8) is 0 Å². The molecule has 7 nitrogen and oxygen atoms in total. The minimum atomic E-state index is -1.21. The van der Waals surface area contributed by atoms with Crippen LogP contribution in [0, 0.1) is 0 Å². The van der Waals surface area contributed by atoms with Crippen LogP contribution in [0.2, 0.25) is 10.0 Å². The van der Waals surface area contributed by atoms with Crippen LogP contribution in [0.5, 0.6) is 0 Å². The van der Waals surface area contributed by atoms with Crippen LogP contribution in [0.1, 0.15) is 44.8 Å². The number of rotatable bonds is 4. The Hall–Kier alpha value is -1.09. The molecule has 4 N–H and O–H groups in total. The van der Waals surface area contributed by atoms with E-state index in [2.05, 4.69) is 10.3 Å². The van der Waals surface area contributed by atoms with Gasteiger partial charge in [0.1, 0.15) is 18.3 Å². The van der Waals surface area contributed by atoms with Gasteiger partial charge in [-0.05, 0) is 25.0 Å². The smallest absolute Gasteiger partial charge is 0.206 e. The lowest BCUT2D eigenvalue weighted by molar-refractivity contribution is -0.0499. The van der Waals surface area contributed by atoms with Crippen molar-refractivity contribution in [3.05, 3.63) is 22.2 Å². The van der Waals surface area contributed by atoms with Crippen molar-refractivity contribution in [2.45, 2.75) is 69.1 Å². The minimum absolute atomic E-state index is 0.265. The van der Waals surface area contributed by atoms with Crippen LogP contribution in [0.3, 0.4) is 0 Å². The summed E-state index contributed by atoms with van der Waals surface area (Å²) in [6.07, 6.45) is 2.69. The van der Waals surface area contributed by atoms with E-state index < -0.39 is 24.5 Å². The maximum Gasteiger partial charge on any atom is 0.206 e. The van der Waals surface area contributed by atoms with Gasteiger partial charge in [-0.2, -0.15) is 0 Å². The van der Waals surface area contributed by atoms with E-state index in [0.717, 1.165) is 25.7 Å². The highest BCUT2D eigenvalue weighted by Gasteiger charge is 2.44. The number of fused-ring (bicyclic) bond motifs is 1. The Bertz CT molecular complexity index is 838. The third-order valence-electron chi connectivity index (χ3n) is 5.69. The molecule has 0 bridgehead atoms. The van der Waals surface area contributed by atoms with E-state index in [1.807, 2.05) is 0 Å². The first kappa shape index (κ1) is 20.2. The number of ether oxygens (including phenoxy) is 1. The molecule has 1 aromatic carbocycles. The SMILES string of the molecule is OC[C@H]1O[C@@H](n2c(NC3CCCCCC3)nc3cc(Cl)c(Cl)cc32)[C@H](O)[C@@H]1O. The van der Waals surface area contributed by atoms with Crippen molar-refractivity contribution in [3.8, 4) is 0 Å². The number of imidazole rings is 1. The molecule has 0 amide bonds. The number of halogens is 2. The first-order chi connectivity index (χ1) is 13.5. The van der Waals surface area contributed by atoms with Crippen LogP contribution in [0.25, 0.3) is 11.0 Å². The Balaban J connectivity index is 1.76. The zero-order chi connectivity index (χ0) is 19.8. The maximum absolute atomic E-state index is 10.6. The van der Waals surface area contributed by atoms with Gasteiger partial charge >= 0.3 is 0 Å². The highest BCUT2D eigenvalue weighted by atomic mass is 35.5. The molecule has 0 radical (unpaired) electrons. The first-order valence-corrected chi connectivity index (χ1v) is 10.5. The van der Waals surface area contributed by atoms with Crippen LogP contribution in [0.4, 0.5) is 5.95 Å². The lowest BCUT2D eigenvalue weighted by Gasteiger charge is -2.23. The van der Waals surface area contributed by atoms with Crippen molar-refractivity contribution < 1.29 is 20.1 Å². The van der Waals surface area contributed by atoms with Crippen molar-refractivity contribution in [1.29, 1.82) is 0 Å². The van der Waals surface area contributed by atoms with Gasteiger partial charge in [-0.15, -0.1) is 0 Å². The first-order valence-electron chi connectivity index (χ1n) is 9.75. The number of aliphatic hydroxyl groups excluding tert-OH is 3. The molecule has 28 heavy (non-hydrogen) atoms. The number of nitrogens with one attached hydrogen (secondary N) is 1. The zero-order valence-electron chi connectivity index (χ0n) is 15.4. The van der Waals surface area contributed by atoms with Gasteiger partial charge in [-0.3, -0.25) is 4.57 Å². The molecular formula is C19H25Cl2N3O4. The van der Waals surface area contributed by atoms with Gasteiger partial charge in [-0.25, -0.2) is 4.98 Å². The van der Waals surface area contributed by atoms with E-state index in [-0.39, 0.29) is 12.6 Å². The number of nitrogens with zero attached hydrogens (tertiary/aromatic N) is 2. The second-order valence-corrected chi connectivity index (χ2v) is 8.44. The molecule has 1 aromatic heterocycles. The molecule has 2 fully saturated rings. The largest absolute Gasteiger partial charge is 0.394 e. The van der Waals surface area contributed by atoms with Gasteiger partial charge < -0.3 is 25.4 Å². The van der Waals surface area contributed by atoms with Crippen molar-refractivity contribution in [1.82, 2.24) is 9.55 Å². The molecule has 2 aromatic rings. The van der Waals surface area contributed by atoms with Gasteiger partial charge in [0, 0.05) is 6.04 Å². The molecular weight excluding hydrogens is 405 g/mol. The summed E-state index contributed by atoms with van der Waals surface area (Å²) < 4.78 is 7.48. The van der Waals surface area contributed by atoms with E-state index in [9.17, 15) is 15.3 Å². The minimum Gasteiger partial charge on any atom is -0.394 e. The maximum atomic E-state index is 10.6. The second-order valence-electron chi connectivity index (χ2n) is 7.62. The van der Waals surface area contributed by atoms with E-state index >= 15 is 0 Å². The van der Waals surface area contributed by atoms with Crippen molar-refractivity contribution in [2.75, 3.05) is 11.9 Å². The number of anilines is 1. The Morgan fingerprint density at radius 3 is 2.39 bits per heavy atom. The molecule has 1 aliphatic heterocycles. The zero-order valence-corrected chi connectivity index (χ0v) is 16.9. The van der Waals surface area contributed by atoms with Crippen molar-refractivity contribution >= 4 is 40.2 Å². The molecule has 2 heterocycles. The Morgan fingerprint density at radius 1 is 1.07 bits per heavy atom. The molecule has 4 atom stereocenters. The van der Waals surface area contributed by atoms with E-state index in [4.69, 9.17) is 27.9 Å². The molecule has 1 saturated heterocycles. The summed E-state index contributed by atoms with van der Waals surface area (Å²) in [6.45, 7) is -0.390. The van der Waals surface area contributed by atoms with Gasteiger partial charge in [0.05, 0.1) is 27.7 Å². The fourth-order valence-corrected chi connectivity index (χ4v) is 4.47. The molecule has 4 rings (SSSR count). The third-order valence-corrected chi connectivity index (χ3v) is 6.41. The Labute approximate surface area is 173 Å². The number of aliphatic hydroxyl groups is 3. The molecule has 154 valence electrons. The summed E-state index contributed by atoms with van der Waals surface area (Å²) in [5.41, 5.74) is 1.25. The standard InChI is InChI=1S/C19H25Cl2N3O4/c20-11-7-13-14(8-12(11)21)24(18-17(27)16(26)15(9-25)28-18)19(23-13)22-10-5-3-1-2-4-6-10/h7-8,10,15-18,25-27H,1-6,9H2,(H,22,23)/t15-,16-,17-,18-/m1/s1.